The smallest absolute Gasteiger partial charge is 0.0681 e. The van der Waals surface area contributed by atoms with Crippen LogP contribution in [0.5, 0.6) is 0 Å². The van der Waals surface area contributed by atoms with Crippen LogP contribution in [0.4, 0.5) is 5.69 Å². The molecule has 0 aliphatic carbocycles. The van der Waals surface area contributed by atoms with Crippen LogP contribution in [0.3, 0.4) is 0 Å². The lowest BCUT2D eigenvalue weighted by Crippen LogP contribution is -2.01. The molecule has 0 radical (unpaired) electrons. The molecule has 0 amide bonds. The molecule has 0 aliphatic rings. The van der Waals surface area contributed by atoms with Gasteiger partial charge in [0, 0.05) is 22.4 Å². The van der Waals surface area contributed by atoms with Gasteiger partial charge in [0.05, 0.1) is 6.61 Å². The van der Waals surface area contributed by atoms with E-state index in [1.807, 2.05) is 23.9 Å². The van der Waals surface area contributed by atoms with Crippen molar-refractivity contribution in [2.75, 3.05) is 5.32 Å². The summed E-state index contributed by atoms with van der Waals surface area (Å²) >= 11 is 1.87. The van der Waals surface area contributed by atoms with E-state index in [4.69, 9.17) is 5.11 Å². The molecule has 0 spiro atoms. The first-order valence-corrected chi connectivity index (χ1v) is 7.75. The van der Waals surface area contributed by atoms with Crippen molar-refractivity contribution in [2.45, 2.75) is 37.1 Å². The minimum Gasteiger partial charge on any atom is -0.392 e. The van der Waals surface area contributed by atoms with Gasteiger partial charge in [0.2, 0.25) is 0 Å². The third-order valence-electron chi connectivity index (χ3n) is 2.94. The van der Waals surface area contributed by atoms with Crippen LogP contribution in [-0.4, -0.2) is 10.4 Å². The van der Waals surface area contributed by atoms with E-state index in [2.05, 4.69) is 55.6 Å². The molecule has 2 rings (SSSR count). The van der Waals surface area contributed by atoms with Crippen molar-refractivity contribution in [3.8, 4) is 0 Å². The van der Waals surface area contributed by atoms with Gasteiger partial charge in [-0.25, -0.2) is 0 Å². The number of nitrogens with one attached hydrogen (secondary N) is 1. The molecule has 0 fully saturated rings. The Morgan fingerprint density at radius 1 is 1.00 bits per heavy atom. The van der Waals surface area contributed by atoms with Gasteiger partial charge >= 0.3 is 0 Å². The molecule has 0 saturated carbocycles. The molecule has 2 N–H and O–H groups in total. The van der Waals surface area contributed by atoms with Crippen LogP contribution in [0.2, 0.25) is 0 Å². The number of anilines is 1. The van der Waals surface area contributed by atoms with Gasteiger partial charge in [0.15, 0.2) is 0 Å². The zero-order chi connectivity index (χ0) is 14.4. The third-order valence-corrected chi connectivity index (χ3v) is 4.02. The monoisotopic (exact) mass is 287 g/mol. The molecular formula is C17H21NOS. The lowest BCUT2D eigenvalue weighted by atomic mass is 10.1. The number of aliphatic hydroxyl groups excluding tert-OH is 1. The third kappa shape index (κ3) is 4.29. The highest BCUT2D eigenvalue weighted by Gasteiger charge is 2.04. The SMILES string of the molecule is CC(C)Sc1ccccc1NCc1ccc(CO)cc1. The molecule has 20 heavy (non-hydrogen) atoms. The van der Waals surface area contributed by atoms with E-state index < -0.39 is 0 Å². The molecule has 0 unspecified atom stereocenters. The molecule has 0 saturated heterocycles. The topological polar surface area (TPSA) is 32.3 Å². The number of hydrogen-bond donors (Lipinski definition) is 2. The van der Waals surface area contributed by atoms with Crippen molar-refractivity contribution in [2.24, 2.45) is 0 Å². The van der Waals surface area contributed by atoms with Crippen LogP contribution in [0.15, 0.2) is 53.4 Å². The molecule has 0 bridgehead atoms. The predicted octanol–water partition coefficient (Wildman–Crippen LogP) is 4.29. The highest BCUT2D eigenvalue weighted by Crippen LogP contribution is 2.30. The molecule has 0 aliphatic heterocycles. The molecule has 2 nitrogen and oxygen atoms in total. The van der Waals surface area contributed by atoms with E-state index in [1.165, 1.54) is 16.1 Å². The minimum absolute atomic E-state index is 0.0988. The van der Waals surface area contributed by atoms with Crippen molar-refractivity contribution >= 4 is 17.4 Å². The van der Waals surface area contributed by atoms with Crippen molar-refractivity contribution in [3.05, 3.63) is 59.7 Å². The highest BCUT2D eigenvalue weighted by molar-refractivity contribution is 8.00. The van der Waals surface area contributed by atoms with Crippen LogP contribution >= 0.6 is 11.8 Å². The largest absolute Gasteiger partial charge is 0.392 e. The van der Waals surface area contributed by atoms with Gasteiger partial charge in [-0.15, -0.1) is 11.8 Å². The Bertz CT molecular complexity index is 537. The van der Waals surface area contributed by atoms with E-state index in [-0.39, 0.29) is 6.61 Å². The summed E-state index contributed by atoms with van der Waals surface area (Å²) in [5.41, 5.74) is 3.34. The zero-order valence-corrected chi connectivity index (χ0v) is 12.8. The van der Waals surface area contributed by atoms with Crippen LogP contribution in [0, 0.1) is 0 Å². The van der Waals surface area contributed by atoms with Crippen LogP contribution in [0.25, 0.3) is 0 Å². The Morgan fingerprint density at radius 2 is 1.65 bits per heavy atom. The van der Waals surface area contributed by atoms with Gasteiger partial charge in [-0.05, 0) is 23.3 Å². The first-order valence-electron chi connectivity index (χ1n) is 6.87. The van der Waals surface area contributed by atoms with Gasteiger partial charge < -0.3 is 10.4 Å². The fraction of sp³-hybridized carbons (Fsp3) is 0.294. The number of hydrogen-bond acceptors (Lipinski definition) is 3. The molecule has 106 valence electrons. The molecular weight excluding hydrogens is 266 g/mol. The highest BCUT2D eigenvalue weighted by atomic mass is 32.2. The second-order valence-corrected chi connectivity index (χ2v) is 6.61. The molecule has 0 heterocycles. The maximum atomic E-state index is 9.04. The van der Waals surface area contributed by atoms with Gasteiger partial charge in [0.25, 0.3) is 0 Å². The second kappa shape index (κ2) is 7.36. The van der Waals surface area contributed by atoms with E-state index in [9.17, 15) is 0 Å². The van der Waals surface area contributed by atoms with Crippen LogP contribution < -0.4 is 5.32 Å². The van der Waals surface area contributed by atoms with Gasteiger partial charge in [-0.3, -0.25) is 0 Å². The van der Waals surface area contributed by atoms with Crippen LogP contribution in [0.1, 0.15) is 25.0 Å². The number of benzene rings is 2. The number of rotatable bonds is 6. The van der Waals surface area contributed by atoms with E-state index in [1.54, 1.807) is 0 Å². The Hall–Kier alpha value is -1.45. The fourth-order valence-corrected chi connectivity index (χ4v) is 2.86. The number of thioether (sulfide) groups is 1. The Balaban J connectivity index is 2.02. The van der Waals surface area contributed by atoms with Crippen molar-refractivity contribution in [3.63, 3.8) is 0 Å². The molecule has 0 atom stereocenters. The summed E-state index contributed by atoms with van der Waals surface area (Å²) in [4.78, 5) is 1.29. The average molecular weight is 287 g/mol. The normalized spacial score (nSPS) is 10.8. The standard InChI is InChI=1S/C17H21NOS/c1-13(2)20-17-6-4-3-5-16(17)18-11-14-7-9-15(12-19)10-8-14/h3-10,13,18-19H,11-12H2,1-2H3. The number of aliphatic hydroxyl groups is 1. The summed E-state index contributed by atoms with van der Waals surface area (Å²) in [5, 5.41) is 13.1. The van der Waals surface area contributed by atoms with Crippen molar-refractivity contribution < 1.29 is 5.11 Å². The Kier molecular flexibility index (Phi) is 5.50. The van der Waals surface area contributed by atoms with E-state index in [0.717, 1.165) is 12.1 Å². The quantitative estimate of drug-likeness (QED) is 0.777. The lowest BCUT2D eigenvalue weighted by Gasteiger charge is -2.13. The summed E-state index contributed by atoms with van der Waals surface area (Å²) < 4.78 is 0. The molecule has 3 heteroatoms. The summed E-state index contributed by atoms with van der Waals surface area (Å²) in [6.07, 6.45) is 0. The summed E-state index contributed by atoms with van der Waals surface area (Å²) in [6.45, 7) is 5.30. The summed E-state index contributed by atoms with van der Waals surface area (Å²) in [5.74, 6) is 0. The summed E-state index contributed by atoms with van der Waals surface area (Å²) in [6, 6.07) is 16.4. The predicted molar refractivity (Wildman–Crippen MR) is 87.1 cm³/mol. The average Bonchev–Trinajstić information content (AvgIpc) is 2.46. The number of para-hydroxylation sites is 1. The zero-order valence-electron chi connectivity index (χ0n) is 12.0. The van der Waals surface area contributed by atoms with Gasteiger partial charge in [-0.1, -0.05) is 50.2 Å². The van der Waals surface area contributed by atoms with Gasteiger partial charge in [-0.2, -0.15) is 0 Å². The van der Waals surface area contributed by atoms with Crippen LogP contribution in [-0.2, 0) is 13.2 Å². The first kappa shape index (κ1) is 14.9. The molecule has 2 aromatic rings. The van der Waals surface area contributed by atoms with E-state index >= 15 is 0 Å². The minimum atomic E-state index is 0.0988. The molecule has 0 aromatic heterocycles. The van der Waals surface area contributed by atoms with Gasteiger partial charge in [0.1, 0.15) is 0 Å². The lowest BCUT2D eigenvalue weighted by molar-refractivity contribution is 0.282. The first-order chi connectivity index (χ1) is 9.69. The van der Waals surface area contributed by atoms with E-state index in [0.29, 0.717) is 5.25 Å². The van der Waals surface area contributed by atoms with Crippen molar-refractivity contribution in [1.29, 1.82) is 0 Å². The maximum Gasteiger partial charge on any atom is 0.0681 e. The Morgan fingerprint density at radius 3 is 2.30 bits per heavy atom. The van der Waals surface area contributed by atoms with Crippen molar-refractivity contribution in [1.82, 2.24) is 0 Å². The second-order valence-electron chi connectivity index (χ2n) is 4.99. The maximum absolute atomic E-state index is 9.04. The molecule has 2 aromatic carbocycles. The summed E-state index contributed by atoms with van der Waals surface area (Å²) in [7, 11) is 0. The fourth-order valence-electron chi connectivity index (χ4n) is 1.93. The Labute approximate surface area is 125 Å².